The van der Waals surface area contributed by atoms with Crippen LogP contribution in [0.3, 0.4) is 0 Å². The topological polar surface area (TPSA) is 55.4 Å². The standard InChI is InChI=1S/C30H44B2O6S2/c1-17(2)15-33-23-19-13-21(31-35-27(5,6)28(7,8)36-31)40-26(19)24(34-16-18(3)4)20-14-22(39-25(20)23)32-37-29(9,10)30(11,12)38-32/h13-14,17-18H,15-16H2,1-12H3. The van der Waals surface area contributed by atoms with Crippen LogP contribution in [0.15, 0.2) is 12.1 Å². The van der Waals surface area contributed by atoms with E-state index in [4.69, 9.17) is 28.1 Å². The Morgan fingerprint density at radius 3 is 1.18 bits per heavy atom. The summed E-state index contributed by atoms with van der Waals surface area (Å²) in [6.07, 6.45) is 0. The molecule has 0 saturated carbocycles. The fourth-order valence-corrected chi connectivity index (χ4v) is 6.93. The van der Waals surface area contributed by atoms with Crippen LogP contribution in [0.4, 0.5) is 0 Å². The van der Waals surface area contributed by atoms with Crippen LogP contribution in [0.5, 0.6) is 11.5 Å². The van der Waals surface area contributed by atoms with Crippen molar-refractivity contribution in [2.24, 2.45) is 11.8 Å². The molecule has 2 saturated heterocycles. The summed E-state index contributed by atoms with van der Waals surface area (Å²) < 4.78 is 43.1. The van der Waals surface area contributed by atoms with Crippen LogP contribution >= 0.6 is 22.7 Å². The molecule has 0 N–H and O–H groups in total. The van der Waals surface area contributed by atoms with E-state index in [9.17, 15) is 0 Å². The van der Waals surface area contributed by atoms with Gasteiger partial charge in [-0.15, -0.1) is 22.7 Å². The molecule has 0 amide bonds. The molecule has 40 heavy (non-hydrogen) atoms. The van der Waals surface area contributed by atoms with Crippen molar-refractivity contribution in [2.75, 3.05) is 13.2 Å². The molecule has 218 valence electrons. The number of benzene rings is 1. The van der Waals surface area contributed by atoms with Gasteiger partial charge in [-0.25, -0.2) is 0 Å². The lowest BCUT2D eigenvalue weighted by molar-refractivity contribution is 0.00578. The highest BCUT2D eigenvalue weighted by Crippen LogP contribution is 2.48. The predicted octanol–water partition coefficient (Wildman–Crippen LogP) is 6.78. The molecule has 1 aromatic carbocycles. The van der Waals surface area contributed by atoms with Crippen LogP contribution in [0.1, 0.15) is 83.1 Å². The SMILES string of the molecule is CC(C)COc1c2cc(B3OC(C)(C)C(C)(C)O3)sc2c(OCC(C)C)c2cc(B3OC(C)(C)C(C)(C)O3)sc12. The Kier molecular flexibility index (Phi) is 7.67. The molecule has 2 aliphatic rings. The molecule has 6 nitrogen and oxygen atoms in total. The van der Waals surface area contributed by atoms with Crippen LogP contribution in [0.2, 0.25) is 0 Å². The zero-order chi connectivity index (χ0) is 29.4. The molecule has 3 aromatic rings. The van der Waals surface area contributed by atoms with Gasteiger partial charge in [-0.3, -0.25) is 0 Å². The van der Waals surface area contributed by atoms with E-state index in [0.29, 0.717) is 25.0 Å². The van der Waals surface area contributed by atoms with E-state index < -0.39 is 36.6 Å². The molecule has 0 bridgehead atoms. The number of hydrogen-bond donors (Lipinski definition) is 0. The summed E-state index contributed by atoms with van der Waals surface area (Å²) in [6.45, 7) is 26.6. The highest BCUT2D eigenvalue weighted by Gasteiger charge is 2.53. The largest absolute Gasteiger partial charge is 0.505 e. The molecule has 5 rings (SSSR count). The summed E-state index contributed by atoms with van der Waals surface area (Å²) in [5.74, 6) is 2.51. The van der Waals surface area contributed by atoms with Gasteiger partial charge in [0.1, 0.15) is 11.5 Å². The monoisotopic (exact) mass is 586 g/mol. The van der Waals surface area contributed by atoms with Gasteiger partial charge in [0, 0.05) is 20.3 Å². The third-order valence-electron chi connectivity index (χ3n) is 8.50. The maximum absolute atomic E-state index is 6.59. The molecule has 0 spiro atoms. The van der Waals surface area contributed by atoms with Crippen LogP contribution < -0.4 is 19.0 Å². The van der Waals surface area contributed by atoms with Gasteiger partial charge < -0.3 is 28.1 Å². The second-order valence-corrected chi connectivity index (χ2v) is 16.2. The van der Waals surface area contributed by atoms with Gasteiger partial charge in [0.15, 0.2) is 0 Å². The van der Waals surface area contributed by atoms with E-state index in [2.05, 4.69) is 95.2 Å². The first kappa shape index (κ1) is 30.2. The average molecular weight is 586 g/mol. The van der Waals surface area contributed by atoms with E-state index in [1.807, 2.05) is 0 Å². The molecule has 0 radical (unpaired) electrons. The van der Waals surface area contributed by atoms with E-state index in [0.717, 1.165) is 41.2 Å². The van der Waals surface area contributed by atoms with E-state index in [1.165, 1.54) is 0 Å². The lowest BCUT2D eigenvalue weighted by Gasteiger charge is -2.32. The molecule has 2 aromatic heterocycles. The molecule has 0 aliphatic carbocycles. The second kappa shape index (κ2) is 10.2. The van der Waals surface area contributed by atoms with Crippen LogP contribution in [0.25, 0.3) is 20.2 Å². The van der Waals surface area contributed by atoms with Crippen LogP contribution in [0, 0.1) is 11.8 Å². The van der Waals surface area contributed by atoms with Crippen molar-refractivity contribution in [1.29, 1.82) is 0 Å². The Bertz CT molecular complexity index is 1210. The zero-order valence-corrected chi connectivity index (χ0v) is 27.8. The summed E-state index contributed by atoms with van der Waals surface area (Å²) in [5, 5.41) is 2.06. The maximum atomic E-state index is 6.59. The number of rotatable bonds is 8. The quantitative estimate of drug-likeness (QED) is 0.271. The second-order valence-electron chi connectivity index (χ2n) is 14.0. The smallest absolute Gasteiger partial charge is 0.491 e. The molecular formula is C30H44B2O6S2. The molecule has 0 unspecified atom stereocenters. The summed E-state index contributed by atoms with van der Waals surface area (Å²) in [7, 11) is -0.895. The lowest BCUT2D eigenvalue weighted by atomic mass is 9.87. The molecule has 2 aliphatic heterocycles. The van der Waals surface area contributed by atoms with Gasteiger partial charge in [-0.2, -0.15) is 0 Å². The number of ether oxygens (including phenoxy) is 2. The van der Waals surface area contributed by atoms with Crippen LogP contribution in [-0.4, -0.2) is 49.9 Å². The highest BCUT2D eigenvalue weighted by atomic mass is 32.1. The van der Waals surface area contributed by atoms with Crippen molar-refractivity contribution in [3.63, 3.8) is 0 Å². The Hall–Kier alpha value is -1.29. The average Bonchev–Trinajstić information content (AvgIpc) is 3.53. The molecule has 2 fully saturated rings. The van der Waals surface area contributed by atoms with E-state index in [1.54, 1.807) is 22.7 Å². The third kappa shape index (κ3) is 5.22. The van der Waals surface area contributed by atoms with Gasteiger partial charge in [0.25, 0.3) is 0 Å². The maximum Gasteiger partial charge on any atom is 0.505 e. The number of fused-ring (bicyclic) bond motifs is 2. The van der Waals surface area contributed by atoms with Crippen LogP contribution in [-0.2, 0) is 18.6 Å². The summed E-state index contributed by atoms with van der Waals surface area (Å²) in [4.78, 5) is 0. The van der Waals surface area contributed by atoms with Gasteiger partial charge in [0.2, 0.25) is 0 Å². The van der Waals surface area contributed by atoms with E-state index >= 15 is 0 Å². The Morgan fingerprint density at radius 2 is 0.900 bits per heavy atom. The van der Waals surface area contributed by atoms with Gasteiger partial charge in [0.05, 0.1) is 45.0 Å². The summed E-state index contributed by atoms with van der Waals surface area (Å²) >= 11 is 3.33. The summed E-state index contributed by atoms with van der Waals surface area (Å²) in [6, 6.07) is 4.35. The van der Waals surface area contributed by atoms with Crippen molar-refractivity contribution in [2.45, 2.75) is 105 Å². The lowest BCUT2D eigenvalue weighted by Crippen LogP contribution is -2.41. The predicted molar refractivity (Wildman–Crippen MR) is 169 cm³/mol. The number of thiophene rings is 2. The van der Waals surface area contributed by atoms with Gasteiger partial charge in [-0.1, -0.05) is 27.7 Å². The Balaban J connectivity index is 1.68. The molecule has 4 heterocycles. The first-order chi connectivity index (χ1) is 18.4. The minimum Gasteiger partial charge on any atom is -0.491 e. The highest BCUT2D eigenvalue weighted by molar-refractivity contribution is 7.30. The normalized spacial score (nSPS) is 21.4. The van der Waals surface area contributed by atoms with Crippen molar-refractivity contribution in [3.8, 4) is 11.5 Å². The van der Waals surface area contributed by atoms with Gasteiger partial charge >= 0.3 is 14.2 Å². The van der Waals surface area contributed by atoms with E-state index in [-0.39, 0.29) is 0 Å². The first-order valence-electron chi connectivity index (χ1n) is 14.4. The fourth-order valence-electron chi connectivity index (χ4n) is 4.68. The molecular weight excluding hydrogens is 542 g/mol. The minimum absolute atomic E-state index is 0.380. The first-order valence-corrected chi connectivity index (χ1v) is 16.1. The fraction of sp³-hybridized carbons (Fsp3) is 0.667. The van der Waals surface area contributed by atoms with Crippen molar-refractivity contribution >= 4 is 66.6 Å². The minimum atomic E-state index is -0.448. The van der Waals surface area contributed by atoms with Crippen molar-refractivity contribution < 1.29 is 28.1 Å². The molecule has 0 atom stereocenters. The molecule has 10 heteroatoms. The summed E-state index contributed by atoms with van der Waals surface area (Å²) in [5.41, 5.74) is -1.67. The zero-order valence-electron chi connectivity index (χ0n) is 26.1. The third-order valence-corrected chi connectivity index (χ3v) is 10.8. The van der Waals surface area contributed by atoms with Crippen molar-refractivity contribution in [1.82, 2.24) is 0 Å². The Morgan fingerprint density at radius 1 is 0.600 bits per heavy atom. The Labute approximate surface area is 248 Å². The number of hydrogen-bond acceptors (Lipinski definition) is 8. The van der Waals surface area contributed by atoms with Crippen molar-refractivity contribution in [3.05, 3.63) is 12.1 Å². The van der Waals surface area contributed by atoms with Gasteiger partial charge in [-0.05, 0) is 79.4 Å².